The standard InChI is InChI=1S/C13H20N2O2S/c1-2-13(16)14-10-11(12-4-3-9-18-12)15-5-7-17-8-6-15/h3-4,9,11H,2,5-8,10H2,1H3,(H,14,16)/p+1/t11-/m0/s1. The highest BCUT2D eigenvalue weighted by Gasteiger charge is 2.27. The van der Waals surface area contributed by atoms with Crippen molar-refractivity contribution in [1.29, 1.82) is 0 Å². The molecule has 1 aromatic rings. The third-order valence-electron chi connectivity index (χ3n) is 3.34. The minimum absolute atomic E-state index is 0.129. The van der Waals surface area contributed by atoms with Gasteiger partial charge in [0.1, 0.15) is 19.1 Å². The summed E-state index contributed by atoms with van der Waals surface area (Å²) in [5.41, 5.74) is 0. The summed E-state index contributed by atoms with van der Waals surface area (Å²) in [5, 5.41) is 5.13. The highest BCUT2D eigenvalue weighted by Crippen LogP contribution is 2.16. The summed E-state index contributed by atoms with van der Waals surface area (Å²) >= 11 is 1.77. The fourth-order valence-electron chi connectivity index (χ4n) is 2.26. The Balaban J connectivity index is 2.00. The molecule has 1 aliphatic rings. The van der Waals surface area contributed by atoms with Gasteiger partial charge in [0.25, 0.3) is 0 Å². The summed E-state index contributed by atoms with van der Waals surface area (Å²) < 4.78 is 5.41. The van der Waals surface area contributed by atoms with Gasteiger partial charge in [-0.3, -0.25) is 4.79 Å². The van der Waals surface area contributed by atoms with Gasteiger partial charge in [0.05, 0.1) is 24.6 Å². The number of morpholine rings is 1. The van der Waals surface area contributed by atoms with Crippen LogP contribution in [-0.4, -0.2) is 38.8 Å². The van der Waals surface area contributed by atoms with Gasteiger partial charge in [0.15, 0.2) is 0 Å². The normalized spacial score (nSPS) is 18.5. The Labute approximate surface area is 112 Å². The molecule has 1 aliphatic heterocycles. The molecule has 0 aliphatic carbocycles. The van der Waals surface area contributed by atoms with E-state index in [-0.39, 0.29) is 5.91 Å². The van der Waals surface area contributed by atoms with Gasteiger partial charge in [0, 0.05) is 6.42 Å². The van der Waals surface area contributed by atoms with Crippen molar-refractivity contribution in [3.8, 4) is 0 Å². The number of rotatable bonds is 5. The monoisotopic (exact) mass is 269 g/mol. The lowest BCUT2D eigenvalue weighted by atomic mass is 10.2. The predicted octanol–water partition coefficient (Wildman–Crippen LogP) is 0.231. The molecule has 0 unspecified atom stereocenters. The number of carbonyl (C=O) groups excluding carboxylic acids is 1. The first kappa shape index (κ1) is 13.5. The third kappa shape index (κ3) is 3.54. The molecule has 2 rings (SSSR count). The molecular weight excluding hydrogens is 248 g/mol. The molecule has 1 amide bonds. The number of carbonyl (C=O) groups is 1. The summed E-state index contributed by atoms with van der Waals surface area (Å²) in [6.07, 6.45) is 0.551. The number of hydrogen-bond acceptors (Lipinski definition) is 3. The number of nitrogens with one attached hydrogen (secondary N) is 2. The van der Waals surface area contributed by atoms with Crippen LogP contribution in [0.4, 0.5) is 0 Å². The van der Waals surface area contributed by atoms with Crippen LogP contribution in [0.3, 0.4) is 0 Å². The molecule has 5 heteroatoms. The molecule has 0 spiro atoms. The van der Waals surface area contributed by atoms with E-state index in [1.54, 1.807) is 11.3 Å². The van der Waals surface area contributed by atoms with E-state index in [0.717, 1.165) is 32.8 Å². The topological polar surface area (TPSA) is 42.8 Å². The van der Waals surface area contributed by atoms with Crippen LogP contribution in [0.25, 0.3) is 0 Å². The van der Waals surface area contributed by atoms with Crippen LogP contribution in [0, 0.1) is 0 Å². The maximum atomic E-state index is 11.4. The molecule has 0 aromatic carbocycles. The molecule has 2 N–H and O–H groups in total. The average Bonchev–Trinajstić information content (AvgIpc) is 2.94. The zero-order chi connectivity index (χ0) is 12.8. The van der Waals surface area contributed by atoms with Crippen molar-refractivity contribution in [2.45, 2.75) is 19.4 Å². The summed E-state index contributed by atoms with van der Waals surface area (Å²) in [7, 11) is 0. The second-order valence-corrected chi connectivity index (χ2v) is 5.48. The Morgan fingerprint density at radius 1 is 1.56 bits per heavy atom. The maximum Gasteiger partial charge on any atom is 0.219 e. The summed E-state index contributed by atoms with van der Waals surface area (Å²) in [6.45, 7) is 6.28. The second kappa shape index (κ2) is 6.87. The lowest BCUT2D eigenvalue weighted by molar-refractivity contribution is -0.937. The average molecular weight is 269 g/mol. The molecular formula is C13H21N2O2S+. The molecule has 100 valence electrons. The number of amides is 1. The van der Waals surface area contributed by atoms with Crippen molar-refractivity contribution in [3.05, 3.63) is 22.4 Å². The Morgan fingerprint density at radius 2 is 2.33 bits per heavy atom. The zero-order valence-electron chi connectivity index (χ0n) is 10.8. The van der Waals surface area contributed by atoms with Crippen LogP contribution in [0.15, 0.2) is 17.5 Å². The Bertz CT molecular complexity index is 361. The van der Waals surface area contributed by atoms with Gasteiger partial charge in [-0.15, -0.1) is 11.3 Å². The predicted molar refractivity (Wildman–Crippen MR) is 71.9 cm³/mol. The summed E-state index contributed by atoms with van der Waals surface area (Å²) in [4.78, 5) is 14.3. The van der Waals surface area contributed by atoms with Crippen LogP contribution in [0.2, 0.25) is 0 Å². The van der Waals surface area contributed by atoms with Gasteiger partial charge in [-0.25, -0.2) is 0 Å². The van der Waals surface area contributed by atoms with Crippen molar-refractivity contribution in [1.82, 2.24) is 5.32 Å². The van der Waals surface area contributed by atoms with Crippen molar-refractivity contribution >= 4 is 17.2 Å². The van der Waals surface area contributed by atoms with Crippen LogP contribution in [0.1, 0.15) is 24.3 Å². The number of quaternary nitrogens is 1. The minimum atomic E-state index is 0.129. The number of ether oxygens (including phenoxy) is 1. The van der Waals surface area contributed by atoms with Crippen LogP contribution >= 0.6 is 11.3 Å². The Kier molecular flexibility index (Phi) is 5.16. The SMILES string of the molecule is CCC(=O)NC[C@@H](c1cccs1)[NH+]1CCOCC1. The van der Waals surface area contributed by atoms with Gasteiger partial charge in [-0.2, -0.15) is 0 Å². The van der Waals surface area contributed by atoms with E-state index in [4.69, 9.17) is 4.74 Å². The molecule has 0 saturated carbocycles. The van der Waals surface area contributed by atoms with Crippen molar-refractivity contribution in [2.24, 2.45) is 0 Å². The van der Waals surface area contributed by atoms with E-state index in [0.29, 0.717) is 12.5 Å². The van der Waals surface area contributed by atoms with Crippen molar-refractivity contribution in [2.75, 3.05) is 32.8 Å². The summed E-state index contributed by atoms with van der Waals surface area (Å²) in [5.74, 6) is 0.129. The minimum Gasteiger partial charge on any atom is -0.370 e. The largest absolute Gasteiger partial charge is 0.370 e. The van der Waals surface area contributed by atoms with Crippen LogP contribution in [-0.2, 0) is 9.53 Å². The van der Waals surface area contributed by atoms with Crippen molar-refractivity contribution in [3.63, 3.8) is 0 Å². The fraction of sp³-hybridized carbons (Fsp3) is 0.615. The molecule has 1 atom stereocenters. The number of hydrogen-bond donors (Lipinski definition) is 2. The second-order valence-electron chi connectivity index (χ2n) is 4.50. The van der Waals surface area contributed by atoms with Gasteiger partial charge < -0.3 is 15.0 Å². The van der Waals surface area contributed by atoms with E-state index >= 15 is 0 Å². The van der Waals surface area contributed by atoms with Crippen molar-refractivity contribution < 1.29 is 14.4 Å². The lowest BCUT2D eigenvalue weighted by Gasteiger charge is -2.31. The lowest BCUT2D eigenvalue weighted by Crippen LogP contribution is -3.15. The van der Waals surface area contributed by atoms with Crippen LogP contribution < -0.4 is 10.2 Å². The number of thiophene rings is 1. The molecule has 2 heterocycles. The molecule has 0 radical (unpaired) electrons. The zero-order valence-corrected chi connectivity index (χ0v) is 11.6. The van der Waals surface area contributed by atoms with E-state index in [1.807, 2.05) is 6.92 Å². The van der Waals surface area contributed by atoms with Gasteiger partial charge >= 0.3 is 0 Å². The highest BCUT2D eigenvalue weighted by molar-refractivity contribution is 7.10. The van der Waals surface area contributed by atoms with Gasteiger partial charge in [0.2, 0.25) is 5.91 Å². The molecule has 18 heavy (non-hydrogen) atoms. The molecule has 1 fully saturated rings. The van der Waals surface area contributed by atoms with Gasteiger partial charge in [-0.05, 0) is 11.4 Å². The molecule has 1 saturated heterocycles. The first-order chi connectivity index (χ1) is 8.81. The van der Waals surface area contributed by atoms with Gasteiger partial charge in [-0.1, -0.05) is 13.0 Å². The fourth-order valence-corrected chi connectivity index (χ4v) is 3.14. The first-order valence-corrected chi connectivity index (χ1v) is 7.41. The van der Waals surface area contributed by atoms with E-state index in [2.05, 4.69) is 22.8 Å². The Hall–Kier alpha value is -0.910. The molecule has 0 bridgehead atoms. The summed E-state index contributed by atoms with van der Waals surface area (Å²) in [6, 6.07) is 4.61. The van der Waals surface area contributed by atoms with E-state index in [9.17, 15) is 4.79 Å². The molecule has 1 aromatic heterocycles. The smallest absolute Gasteiger partial charge is 0.219 e. The first-order valence-electron chi connectivity index (χ1n) is 6.53. The molecule has 4 nitrogen and oxygen atoms in total. The maximum absolute atomic E-state index is 11.4. The quantitative estimate of drug-likeness (QED) is 0.803. The highest BCUT2D eigenvalue weighted by atomic mass is 32.1. The Morgan fingerprint density at radius 3 is 2.94 bits per heavy atom. The van der Waals surface area contributed by atoms with E-state index < -0.39 is 0 Å². The van der Waals surface area contributed by atoms with Crippen LogP contribution in [0.5, 0.6) is 0 Å². The van der Waals surface area contributed by atoms with E-state index in [1.165, 1.54) is 9.78 Å². The third-order valence-corrected chi connectivity index (χ3v) is 4.32.